The molecule has 1 aliphatic rings. The van der Waals surface area contributed by atoms with Crippen LogP contribution in [0.2, 0.25) is 0 Å². The summed E-state index contributed by atoms with van der Waals surface area (Å²) in [5.41, 5.74) is 2.04. The Kier molecular flexibility index (Phi) is 2.93. The van der Waals surface area contributed by atoms with Crippen LogP contribution in [-0.4, -0.2) is 11.1 Å². The van der Waals surface area contributed by atoms with E-state index < -0.39 is 11.9 Å². The molecule has 1 aliphatic heterocycles. The Morgan fingerprint density at radius 2 is 2.18 bits per heavy atom. The summed E-state index contributed by atoms with van der Waals surface area (Å²) in [6, 6.07) is 9.12. The highest BCUT2D eigenvalue weighted by Crippen LogP contribution is 2.31. The van der Waals surface area contributed by atoms with Crippen LogP contribution in [-0.2, 0) is 4.79 Å². The van der Waals surface area contributed by atoms with E-state index in [1.165, 1.54) is 0 Å². The molecule has 0 radical (unpaired) electrons. The fourth-order valence-electron chi connectivity index (χ4n) is 1.75. The standard InChI is InChI=1S/C13H10N2O2/c14-8-11(13(16)17)9-5-3-7-15-12-6-2-1-4-10(9)12/h1-7,11,15H,(H,16,17). The first-order valence-electron chi connectivity index (χ1n) is 5.09. The van der Waals surface area contributed by atoms with Crippen molar-refractivity contribution in [3.8, 4) is 6.07 Å². The summed E-state index contributed by atoms with van der Waals surface area (Å²) in [5, 5.41) is 21.0. The summed E-state index contributed by atoms with van der Waals surface area (Å²) in [6.45, 7) is 0. The zero-order chi connectivity index (χ0) is 12.3. The molecule has 1 aromatic rings. The molecule has 1 unspecified atom stereocenters. The number of allylic oxidation sites excluding steroid dienone is 2. The van der Waals surface area contributed by atoms with Crippen molar-refractivity contribution in [1.29, 1.82) is 5.26 Å². The molecule has 0 saturated heterocycles. The van der Waals surface area contributed by atoms with Gasteiger partial charge in [-0.15, -0.1) is 0 Å². The summed E-state index contributed by atoms with van der Waals surface area (Å²) in [7, 11) is 0. The van der Waals surface area contributed by atoms with Crippen molar-refractivity contribution in [3.05, 3.63) is 48.2 Å². The van der Waals surface area contributed by atoms with E-state index in [1.54, 1.807) is 24.4 Å². The van der Waals surface area contributed by atoms with Gasteiger partial charge >= 0.3 is 5.97 Å². The molecule has 2 N–H and O–H groups in total. The highest BCUT2D eigenvalue weighted by atomic mass is 16.4. The van der Waals surface area contributed by atoms with Gasteiger partial charge in [-0.1, -0.05) is 24.3 Å². The molecule has 84 valence electrons. The van der Waals surface area contributed by atoms with Crippen LogP contribution in [0, 0.1) is 17.2 Å². The van der Waals surface area contributed by atoms with Gasteiger partial charge in [0.15, 0.2) is 5.92 Å². The largest absolute Gasteiger partial charge is 0.480 e. The zero-order valence-corrected chi connectivity index (χ0v) is 8.92. The van der Waals surface area contributed by atoms with Gasteiger partial charge in [-0.2, -0.15) is 5.26 Å². The third-order valence-corrected chi connectivity index (χ3v) is 2.54. The summed E-state index contributed by atoms with van der Waals surface area (Å²) in [6.07, 6.45) is 5.06. The normalized spacial score (nSPS) is 14.6. The number of hydrogen-bond donors (Lipinski definition) is 2. The number of hydrogen-bond acceptors (Lipinski definition) is 3. The summed E-state index contributed by atoms with van der Waals surface area (Å²) in [5.74, 6) is -2.29. The number of nitrogens with zero attached hydrogens (tertiary/aromatic N) is 1. The van der Waals surface area contributed by atoms with Crippen molar-refractivity contribution in [2.24, 2.45) is 5.92 Å². The summed E-state index contributed by atoms with van der Waals surface area (Å²) >= 11 is 0. The lowest BCUT2D eigenvalue weighted by atomic mass is 9.92. The van der Waals surface area contributed by atoms with Gasteiger partial charge in [0.05, 0.1) is 6.07 Å². The van der Waals surface area contributed by atoms with E-state index in [2.05, 4.69) is 5.32 Å². The monoisotopic (exact) mass is 226 g/mol. The number of aliphatic carboxylic acids is 1. The lowest BCUT2D eigenvalue weighted by Gasteiger charge is -2.12. The van der Waals surface area contributed by atoms with Crippen LogP contribution in [0.1, 0.15) is 5.56 Å². The molecule has 0 fully saturated rings. The number of carboxylic acid groups (broad SMARTS) is 1. The van der Waals surface area contributed by atoms with Crippen molar-refractivity contribution >= 4 is 17.2 Å². The molecule has 17 heavy (non-hydrogen) atoms. The second kappa shape index (κ2) is 4.54. The van der Waals surface area contributed by atoms with Crippen molar-refractivity contribution < 1.29 is 9.90 Å². The van der Waals surface area contributed by atoms with Crippen LogP contribution < -0.4 is 5.32 Å². The Bertz CT molecular complexity index is 553. The zero-order valence-electron chi connectivity index (χ0n) is 8.92. The Morgan fingerprint density at radius 1 is 1.41 bits per heavy atom. The van der Waals surface area contributed by atoms with Crippen LogP contribution in [0.25, 0.3) is 5.57 Å². The lowest BCUT2D eigenvalue weighted by molar-refractivity contribution is -0.138. The maximum Gasteiger partial charge on any atom is 0.325 e. The molecule has 0 aromatic heterocycles. The molecule has 4 heteroatoms. The Hall–Kier alpha value is -2.54. The second-order valence-electron chi connectivity index (χ2n) is 3.57. The number of rotatable bonds is 2. The number of benzene rings is 1. The maximum atomic E-state index is 11.0. The number of fused-ring (bicyclic) bond motifs is 1. The Balaban J connectivity index is 2.55. The molecule has 4 nitrogen and oxygen atoms in total. The van der Waals surface area contributed by atoms with Gasteiger partial charge in [0, 0.05) is 17.5 Å². The van der Waals surface area contributed by atoms with E-state index in [4.69, 9.17) is 10.4 Å². The molecule has 2 rings (SSSR count). The first-order valence-corrected chi connectivity index (χ1v) is 5.09. The van der Waals surface area contributed by atoms with Crippen molar-refractivity contribution in [2.45, 2.75) is 0 Å². The molecule has 1 heterocycles. The van der Waals surface area contributed by atoms with Crippen molar-refractivity contribution in [2.75, 3.05) is 5.32 Å². The SMILES string of the molecule is N#CC(C(=O)O)C1=CC=CNc2ccccc21. The molecule has 0 aliphatic carbocycles. The van der Waals surface area contributed by atoms with Crippen LogP contribution in [0.4, 0.5) is 5.69 Å². The predicted octanol–water partition coefficient (Wildman–Crippen LogP) is 2.23. The van der Waals surface area contributed by atoms with Gasteiger partial charge in [0.1, 0.15) is 0 Å². The molecular formula is C13H10N2O2. The minimum Gasteiger partial charge on any atom is -0.480 e. The quantitative estimate of drug-likeness (QED) is 0.811. The van der Waals surface area contributed by atoms with Gasteiger partial charge in [-0.25, -0.2) is 0 Å². The van der Waals surface area contributed by atoms with Gasteiger partial charge in [-0.3, -0.25) is 4.79 Å². The van der Waals surface area contributed by atoms with Gasteiger partial charge in [0.2, 0.25) is 0 Å². The van der Waals surface area contributed by atoms with Crippen LogP contribution in [0.3, 0.4) is 0 Å². The van der Waals surface area contributed by atoms with Gasteiger partial charge in [0.25, 0.3) is 0 Å². The third-order valence-electron chi connectivity index (χ3n) is 2.54. The number of anilines is 1. The van der Waals surface area contributed by atoms with Crippen molar-refractivity contribution in [1.82, 2.24) is 0 Å². The van der Waals surface area contributed by atoms with Crippen LogP contribution >= 0.6 is 0 Å². The fraction of sp³-hybridized carbons (Fsp3) is 0.0769. The highest BCUT2D eigenvalue weighted by molar-refractivity contribution is 5.94. The van der Waals surface area contributed by atoms with E-state index in [9.17, 15) is 4.79 Å². The van der Waals surface area contributed by atoms with Crippen molar-refractivity contribution in [3.63, 3.8) is 0 Å². The Morgan fingerprint density at radius 3 is 2.88 bits per heavy atom. The minimum atomic E-state index is -1.15. The van der Waals surface area contributed by atoms with Crippen LogP contribution in [0.5, 0.6) is 0 Å². The second-order valence-corrected chi connectivity index (χ2v) is 3.57. The third kappa shape index (κ3) is 2.04. The molecule has 1 atom stereocenters. The topological polar surface area (TPSA) is 73.1 Å². The van der Waals surface area contributed by atoms with Crippen LogP contribution in [0.15, 0.2) is 42.6 Å². The van der Waals surface area contributed by atoms with Gasteiger partial charge < -0.3 is 10.4 Å². The summed E-state index contributed by atoms with van der Waals surface area (Å²) in [4.78, 5) is 11.0. The predicted molar refractivity (Wildman–Crippen MR) is 63.9 cm³/mol. The maximum absolute atomic E-state index is 11.0. The first kappa shape index (κ1) is 11.0. The smallest absolute Gasteiger partial charge is 0.325 e. The molecule has 1 aromatic carbocycles. The molecule has 0 bridgehead atoms. The fourth-order valence-corrected chi connectivity index (χ4v) is 1.75. The highest BCUT2D eigenvalue weighted by Gasteiger charge is 2.24. The van der Waals surface area contributed by atoms with E-state index in [-0.39, 0.29) is 0 Å². The van der Waals surface area contributed by atoms with Gasteiger partial charge in [-0.05, 0) is 17.7 Å². The number of nitrogens with one attached hydrogen (secondary N) is 1. The van der Waals surface area contributed by atoms with E-state index >= 15 is 0 Å². The number of para-hydroxylation sites is 1. The molecule has 0 spiro atoms. The van der Waals surface area contributed by atoms with E-state index in [1.807, 2.05) is 24.3 Å². The Labute approximate surface area is 98.5 Å². The number of carboxylic acids is 1. The average molecular weight is 226 g/mol. The molecular weight excluding hydrogens is 216 g/mol. The average Bonchev–Trinajstić information content (AvgIpc) is 2.53. The molecule has 0 amide bonds. The number of carbonyl (C=O) groups is 1. The first-order chi connectivity index (χ1) is 8.24. The van der Waals surface area contributed by atoms with E-state index in [0.717, 1.165) is 11.3 Å². The number of nitriles is 1. The lowest BCUT2D eigenvalue weighted by Crippen LogP contribution is -2.13. The minimum absolute atomic E-state index is 0.497. The molecule has 0 saturated carbocycles. The summed E-state index contributed by atoms with van der Waals surface area (Å²) < 4.78 is 0. The van der Waals surface area contributed by atoms with E-state index in [0.29, 0.717) is 5.57 Å².